The number of rotatable bonds is 6. The maximum Gasteiger partial charge on any atom is 0.256 e. The minimum Gasteiger partial charge on any atom is -0.497 e. The van der Waals surface area contributed by atoms with Gasteiger partial charge < -0.3 is 19.7 Å². The van der Waals surface area contributed by atoms with Crippen molar-refractivity contribution in [2.24, 2.45) is 0 Å². The van der Waals surface area contributed by atoms with Gasteiger partial charge in [0.05, 0.1) is 14.2 Å². The Morgan fingerprint density at radius 3 is 2.21 bits per heavy atom. The van der Waals surface area contributed by atoms with Crippen LogP contribution in [0.4, 0.5) is 10.1 Å². The highest BCUT2D eigenvalue weighted by molar-refractivity contribution is 7.99. The molecule has 8 heteroatoms. The maximum absolute atomic E-state index is 13.8. The number of amides is 2. The molecule has 1 heterocycles. The number of hydrogen-bond acceptors (Lipinski definition) is 5. The van der Waals surface area contributed by atoms with E-state index in [4.69, 9.17) is 9.47 Å². The predicted molar refractivity (Wildman–Crippen MR) is 126 cm³/mol. The summed E-state index contributed by atoms with van der Waals surface area (Å²) in [5.74, 6) is 0.332. The molecule has 33 heavy (non-hydrogen) atoms. The number of carbonyl (C=O) groups is 2. The summed E-state index contributed by atoms with van der Waals surface area (Å²) in [6, 6.07) is 19.3. The van der Waals surface area contributed by atoms with E-state index < -0.39 is 11.9 Å². The van der Waals surface area contributed by atoms with E-state index in [2.05, 4.69) is 5.32 Å². The molecule has 0 aliphatic carbocycles. The Kier molecular flexibility index (Phi) is 6.84. The van der Waals surface area contributed by atoms with Crippen LogP contribution in [-0.4, -0.2) is 42.7 Å². The fraction of sp³-hybridized carbons (Fsp3) is 0.200. The van der Waals surface area contributed by atoms with E-state index in [0.717, 1.165) is 5.56 Å². The molecular formula is C25H23FN2O4S. The molecule has 0 bridgehead atoms. The van der Waals surface area contributed by atoms with Crippen molar-refractivity contribution in [3.8, 4) is 11.5 Å². The van der Waals surface area contributed by atoms with E-state index >= 15 is 0 Å². The second kappa shape index (κ2) is 9.95. The van der Waals surface area contributed by atoms with Gasteiger partial charge in [0, 0.05) is 23.1 Å². The van der Waals surface area contributed by atoms with Crippen LogP contribution in [0.15, 0.2) is 72.8 Å². The van der Waals surface area contributed by atoms with Crippen LogP contribution in [-0.2, 0) is 4.79 Å². The zero-order valence-corrected chi connectivity index (χ0v) is 19.0. The highest BCUT2D eigenvalue weighted by atomic mass is 32.2. The van der Waals surface area contributed by atoms with Crippen molar-refractivity contribution in [3.63, 3.8) is 0 Å². The Hall–Kier alpha value is -3.52. The molecule has 6 nitrogen and oxygen atoms in total. The summed E-state index contributed by atoms with van der Waals surface area (Å²) in [5, 5.41) is 2.45. The Morgan fingerprint density at radius 1 is 0.970 bits per heavy atom. The van der Waals surface area contributed by atoms with Crippen LogP contribution >= 0.6 is 11.8 Å². The van der Waals surface area contributed by atoms with Crippen molar-refractivity contribution in [1.29, 1.82) is 0 Å². The monoisotopic (exact) mass is 466 g/mol. The average molecular weight is 467 g/mol. The molecule has 2 unspecified atom stereocenters. The molecule has 0 saturated carbocycles. The molecule has 2 atom stereocenters. The summed E-state index contributed by atoms with van der Waals surface area (Å²) in [4.78, 5) is 28.5. The summed E-state index contributed by atoms with van der Waals surface area (Å²) in [7, 11) is 3.03. The third kappa shape index (κ3) is 4.96. The van der Waals surface area contributed by atoms with Gasteiger partial charge in [0.1, 0.15) is 28.7 Å². The van der Waals surface area contributed by atoms with Crippen molar-refractivity contribution in [1.82, 2.24) is 4.90 Å². The number of carbonyl (C=O) groups excluding carboxylic acids is 2. The van der Waals surface area contributed by atoms with Crippen LogP contribution in [0.2, 0.25) is 0 Å². The third-order valence-corrected chi connectivity index (χ3v) is 6.66. The molecule has 3 aromatic carbocycles. The fourth-order valence-electron chi connectivity index (χ4n) is 3.67. The Morgan fingerprint density at radius 2 is 1.61 bits per heavy atom. The lowest BCUT2D eigenvalue weighted by Gasteiger charge is -2.29. The van der Waals surface area contributed by atoms with Gasteiger partial charge in [-0.05, 0) is 42.0 Å². The molecule has 3 aromatic rings. The van der Waals surface area contributed by atoms with Crippen molar-refractivity contribution < 1.29 is 23.5 Å². The van der Waals surface area contributed by atoms with E-state index in [0.29, 0.717) is 28.5 Å². The molecule has 1 fully saturated rings. The Labute approximate surface area is 195 Å². The first-order valence-electron chi connectivity index (χ1n) is 10.3. The quantitative estimate of drug-likeness (QED) is 0.569. The van der Waals surface area contributed by atoms with Crippen molar-refractivity contribution in [2.45, 2.75) is 11.4 Å². The van der Waals surface area contributed by atoms with Gasteiger partial charge in [-0.15, -0.1) is 11.8 Å². The second-order valence-electron chi connectivity index (χ2n) is 7.42. The van der Waals surface area contributed by atoms with Crippen LogP contribution in [0.3, 0.4) is 0 Å². The van der Waals surface area contributed by atoms with Gasteiger partial charge in [-0.1, -0.05) is 30.3 Å². The number of ether oxygens (including phenoxy) is 2. The van der Waals surface area contributed by atoms with E-state index in [9.17, 15) is 14.0 Å². The number of benzene rings is 3. The van der Waals surface area contributed by atoms with Crippen LogP contribution in [0, 0.1) is 5.82 Å². The van der Waals surface area contributed by atoms with Gasteiger partial charge in [0.2, 0.25) is 5.91 Å². The van der Waals surface area contributed by atoms with Crippen LogP contribution in [0.1, 0.15) is 21.3 Å². The van der Waals surface area contributed by atoms with E-state index in [-0.39, 0.29) is 17.2 Å². The fourth-order valence-corrected chi connectivity index (χ4v) is 5.10. The van der Waals surface area contributed by atoms with Crippen molar-refractivity contribution >= 4 is 29.3 Å². The molecule has 4 rings (SSSR count). The van der Waals surface area contributed by atoms with Gasteiger partial charge in [-0.2, -0.15) is 0 Å². The molecule has 1 aliphatic rings. The van der Waals surface area contributed by atoms with Gasteiger partial charge >= 0.3 is 0 Å². The highest BCUT2D eigenvalue weighted by Crippen LogP contribution is 2.43. The zero-order chi connectivity index (χ0) is 23.4. The number of halogens is 1. The predicted octanol–water partition coefficient (Wildman–Crippen LogP) is 4.74. The lowest BCUT2D eigenvalue weighted by Crippen LogP contribution is -2.45. The summed E-state index contributed by atoms with van der Waals surface area (Å²) < 4.78 is 23.9. The van der Waals surface area contributed by atoms with Gasteiger partial charge in [0.15, 0.2) is 0 Å². The third-order valence-electron chi connectivity index (χ3n) is 5.33. The van der Waals surface area contributed by atoms with Crippen LogP contribution in [0.5, 0.6) is 11.5 Å². The SMILES string of the molecule is COc1cc(OC)cc(C(=O)N2C(C(=O)Nc3ccc(F)cc3)CSC2c2ccccc2)c1. The van der Waals surface area contributed by atoms with Gasteiger partial charge in [-0.3, -0.25) is 9.59 Å². The van der Waals surface area contributed by atoms with E-state index in [1.807, 2.05) is 30.3 Å². The molecule has 1 saturated heterocycles. The number of methoxy groups -OCH3 is 2. The summed E-state index contributed by atoms with van der Waals surface area (Å²) >= 11 is 1.52. The number of anilines is 1. The molecule has 0 radical (unpaired) electrons. The topological polar surface area (TPSA) is 67.9 Å². The Bertz CT molecular complexity index is 1120. The lowest BCUT2D eigenvalue weighted by atomic mass is 10.1. The largest absolute Gasteiger partial charge is 0.497 e. The summed E-state index contributed by atoms with van der Waals surface area (Å²) in [6.07, 6.45) is 0. The number of nitrogens with zero attached hydrogens (tertiary/aromatic N) is 1. The maximum atomic E-state index is 13.8. The average Bonchev–Trinajstić information content (AvgIpc) is 3.30. The van der Waals surface area contributed by atoms with Crippen LogP contribution in [0.25, 0.3) is 0 Å². The molecule has 1 aliphatic heterocycles. The zero-order valence-electron chi connectivity index (χ0n) is 18.2. The summed E-state index contributed by atoms with van der Waals surface area (Å²) in [5.41, 5.74) is 1.74. The lowest BCUT2D eigenvalue weighted by molar-refractivity contribution is -0.119. The van der Waals surface area contributed by atoms with Gasteiger partial charge in [0.25, 0.3) is 5.91 Å². The van der Waals surface area contributed by atoms with Gasteiger partial charge in [-0.25, -0.2) is 4.39 Å². The summed E-state index contributed by atoms with van der Waals surface area (Å²) in [6.45, 7) is 0. The van der Waals surface area contributed by atoms with E-state index in [1.165, 1.54) is 50.2 Å². The Balaban J connectivity index is 1.69. The molecular weight excluding hydrogens is 443 g/mol. The van der Waals surface area contributed by atoms with E-state index in [1.54, 1.807) is 23.1 Å². The normalized spacial score (nSPS) is 17.5. The number of nitrogens with one attached hydrogen (secondary N) is 1. The van der Waals surface area contributed by atoms with Crippen molar-refractivity contribution in [2.75, 3.05) is 25.3 Å². The molecule has 170 valence electrons. The standard InChI is InChI=1S/C25H23FN2O4S/c1-31-20-12-17(13-21(14-20)32-2)24(30)28-22(15-33-25(28)16-6-4-3-5-7-16)23(29)27-19-10-8-18(26)9-11-19/h3-14,22,25H,15H2,1-2H3,(H,27,29). The first-order valence-corrected chi connectivity index (χ1v) is 11.3. The molecule has 0 aromatic heterocycles. The first-order chi connectivity index (χ1) is 16.0. The van der Waals surface area contributed by atoms with Crippen LogP contribution < -0.4 is 14.8 Å². The molecule has 0 spiro atoms. The molecule has 1 N–H and O–H groups in total. The number of hydrogen-bond donors (Lipinski definition) is 1. The second-order valence-corrected chi connectivity index (χ2v) is 8.54. The van der Waals surface area contributed by atoms with Crippen molar-refractivity contribution in [3.05, 3.63) is 89.7 Å². The minimum absolute atomic E-state index is 0.315. The number of thioether (sulfide) groups is 1. The highest BCUT2D eigenvalue weighted by Gasteiger charge is 2.42. The first kappa shape index (κ1) is 22.7. The smallest absolute Gasteiger partial charge is 0.256 e. The molecule has 2 amide bonds. The minimum atomic E-state index is -0.727.